The van der Waals surface area contributed by atoms with Crippen molar-refractivity contribution in [2.75, 3.05) is 33.4 Å². The maximum absolute atomic E-state index is 12.7. The number of ether oxygens (including phenoxy) is 6. The predicted molar refractivity (Wildman–Crippen MR) is 122 cm³/mol. The molecule has 0 saturated carbocycles. The van der Waals surface area contributed by atoms with E-state index in [0.717, 1.165) is 11.1 Å². The van der Waals surface area contributed by atoms with Gasteiger partial charge in [-0.25, -0.2) is 0 Å². The van der Waals surface area contributed by atoms with Gasteiger partial charge in [-0.1, -0.05) is 12.1 Å². The average molecular weight is 451 g/mol. The zero-order valence-corrected chi connectivity index (χ0v) is 18.7. The third kappa shape index (κ3) is 5.23. The van der Waals surface area contributed by atoms with Crippen LogP contribution in [0.1, 0.15) is 11.1 Å². The number of carbonyl (C=O) groups excluding carboxylic acids is 1. The van der Waals surface area contributed by atoms with E-state index in [9.17, 15) is 4.79 Å². The number of methoxy groups -OCH3 is 3. The number of fused-ring (bicyclic) bond motifs is 1. The van der Waals surface area contributed by atoms with Gasteiger partial charge in [-0.05, 0) is 47.5 Å². The first-order chi connectivity index (χ1) is 16.1. The van der Waals surface area contributed by atoms with Crippen LogP contribution in [0.2, 0.25) is 0 Å². The molecule has 8 heteroatoms. The zero-order valence-electron chi connectivity index (χ0n) is 18.7. The van der Waals surface area contributed by atoms with Gasteiger partial charge in [0.2, 0.25) is 18.4 Å². The first-order valence-corrected chi connectivity index (χ1v) is 10.3. The minimum Gasteiger partial charge on any atom is -0.493 e. The van der Waals surface area contributed by atoms with Crippen LogP contribution < -0.4 is 33.7 Å². The third-order valence-corrected chi connectivity index (χ3v) is 5.05. The second kappa shape index (κ2) is 10.0. The number of rotatable bonds is 9. The predicted octanol–water partition coefficient (Wildman–Crippen LogP) is 4.20. The number of anilines is 1. The Morgan fingerprint density at radius 3 is 2.36 bits per heavy atom. The Hall–Kier alpha value is -4.07. The van der Waals surface area contributed by atoms with Crippen LogP contribution in [0.3, 0.4) is 0 Å². The lowest BCUT2D eigenvalue weighted by molar-refractivity contribution is -0.115. The zero-order chi connectivity index (χ0) is 23.2. The van der Waals surface area contributed by atoms with Gasteiger partial charge in [0, 0.05) is 11.8 Å². The summed E-state index contributed by atoms with van der Waals surface area (Å²) in [4.78, 5) is 12.7. The lowest BCUT2D eigenvalue weighted by Crippen LogP contribution is -2.15. The molecule has 0 aromatic heterocycles. The second-order valence-electron chi connectivity index (χ2n) is 7.26. The Balaban J connectivity index is 1.38. The maximum atomic E-state index is 12.7. The highest BCUT2D eigenvalue weighted by Gasteiger charge is 2.16. The fraction of sp³-hybridized carbons (Fsp3) is 0.240. The van der Waals surface area contributed by atoms with Crippen molar-refractivity contribution in [1.82, 2.24) is 0 Å². The number of amides is 1. The van der Waals surface area contributed by atoms with E-state index in [1.54, 1.807) is 18.2 Å². The van der Waals surface area contributed by atoms with Crippen molar-refractivity contribution in [3.05, 3.63) is 65.7 Å². The number of benzene rings is 3. The van der Waals surface area contributed by atoms with Crippen molar-refractivity contribution in [3.63, 3.8) is 0 Å². The maximum Gasteiger partial charge on any atom is 0.231 e. The molecule has 0 atom stereocenters. The summed E-state index contributed by atoms with van der Waals surface area (Å²) in [6.07, 6.45) is 0.147. The number of carbonyl (C=O) groups is 1. The van der Waals surface area contributed by atoms with E-state index in [4.69, 9.17) is 28.4 Å². The Morgan fingerprint density at radius 1 is 0.879 bits per heavy atom. The van der Waals surface area contributed by atoms with E-state index < -0.39 is 0 Å². The van der Waals surface area contributed by atoms with Gasteiger partial charge in [0.25, 0.3) is 0 Å². The van der Waals surface area contributed by atoms with Gasteiger partial charge in [0.15, 0.2) is 23.0 Å². The highest BCUT2D eigenvalue weighted by atomic mass is 16.7. The van der Waals surface area contributed by atoms with E-state index in [-0.39, 0.29) is 19.1 Å². The molecule has 3 aromatic rings. The topological polar surface area (TPSA) is 84.5 Å². The molecule has 1 amide bonds. The molecule has 1 aliphatic heterocycles. The summed E-state index contributed by atoms with van der Waals surface area (Å²) in [5, 5.41) is 2.92. The van der Waals surface area contributed by atoms with Gasteiger partial charge in [-0.3, -0.25) is 4.79 Å². The van der Waals surface area contributed by atoms with Crippen molar-refractivity contribution in [2.45, 2.75) is 13.0 Å². The summed E-state index contributed by atoms with van der Waals surface area (Å²) in [5.74, 6) is 3.37. The Labute approximate surface area is 191 Å². The van der Waals surface area contributed by atoms with Gasteiger partial charge in [-0.15, -0.1) is 0 Å². The van der Waals surface area contributed by atoms with Crippen LogP contribution in [0.15, 0.2) is 54.6 Å². The van der Waals surface area contributed by atoms with Gasteiger partial charge in [0.1, 0.15) is 12.4 Å². The Bertz CT molecular complexity index is 1120. The Morgan fingerprint density at radius 2 is 1.64 bits per heavy atom. The SMILES string of the molecule is COc1cc(CC(=O)Nc2cccc(COc3ccc4c(c3)OCO4)c2)cc(OC)c1OC. The van der Waals surface area contributed by atoms with Crippen LogP contribution in [-0.4, -0.2) is 34.0 Å². The molecule has 8 nitrogen and oxygen atoms in total. The number of hydrogen-bond donors (Lipinski definition) is 1. The molecule has 0 saturated heterocycles. The van der Waals surface area contributed by atoms with Crippen LogP contribution in [-0.2, 0) is 17.8 Å². The summed E-state index contributed by atoms with van der Waals surface area (Å²) in [6, 6.07) is 16.5. The standard InChI is InChI=1S/C25H25NO7/c1-28-22-10-17(11-23(29-2)25(22)30-3)12-24(27)26-18-6-4-5-16(9-18)14-31-19-7-8-20-21(13-19)33-15-32-20/h4-11,13H,12,14-15H2,1-3H3,(H,26,27). The number of nitrogens with one attached hydrogen (secondary N) is 1. The molecule has 0 unspecified atom stereocenters. The fourth-order valence-electron chi connectivity index (χ4n) is 3.50. The molecule has 3 aromatic carbocycles. The molecular weight excluding hydrogens is 426 g/mol. The van der Waals surface area contributed by atoms with Gasteiger partial charge in [-0.2, -0.15) is 0 Å². The molecular formula is C25H25NO7. The highest BCUT2D eigenvalue weighted by molar-refractivity contribution is 5.92. The molecule has 0 radical (unpaired) electrons. The van der Waals surface area contributed by atoms with E-state index >= 15 is 0 Å². The third-order valence-electron chi connectivity index (χ3n) is 5.05. The summed E-state index contributed by atoms with van der Waals surface area (Å²) >= 11 is 0. The van der Waals surface area contributed by atoms with Crippen molar-refractivity contribution >= 4 is 11.6 Å². The molecule has 1 aliphatic rings. The summed E-state index contributed by atoms with van der Waals surface area (Å²) in [5.41, 5.74) is 2.33. The van der Waals surface area contributed by atoms with Crippen LogP contribution in [0.25, 0.3) is 0 Å². The highest BCUT2D eigenvalue weighted by Crippen LogP contribution is 2.38. The first kappa shape index (κ1) is 22.1. The minimum absolute atomic E-state index is 0.147. The van der Waals surface area contributed by atoms with Crippen molar-refractivity contribution in [2.24, 2.45) is 0 Å². The molecule has 0 fully saturated rings. The molecule has 1 heterocycles. The van der Waals surface area contributed by atoms with Crippen LogP contribution >= 0.6 is 0 Å². The van der Waals surface area contributed by atoms with Crippen molar-refractivity contribution < 1.29 is 33.2 Å². The van der Waals surface area contributed by atoms with E-state index in [0.29, 0.717) is 46.8 Å². The lowest BCUT2D eigenvalue weighted by Gasteiger charge is -2.14. The lowest BCUT2D eigenvalue weighted by atomic mass is 10.1. The molecule has 4 rings (SSSR count). The molecule has 0 spiro atoms. The normalized spacial score (nSPS) is 11.6. The van der Waals surface area contributed by atoms with Crippen molar-refractivity contribution in [3.8, 4) is 34.5 Å². The Kier molecular flexibility index (Phi) is 6.73. The van der Waals surface area contributed by atoms with E-state index in [2.05, 4.69) is 5.32 Å². The molecule has 33 heavy (non-hydrogen) atoms. The second-order valence-corrected chi connectivity index (χ2v) is 7.26. The van der Waals surface area contributed by atoms with Gasteiger partial charge >= 0.3 is 0 Å². The number of hydrogen-bond acceptors (Lipinski definition) is 7. The summed E-state index contributed by atoms with van der Waals surface area (Å²) in [7, 11) is 4.62. The fourth-order valence-corrected chi connectivity index (χ4v) is 3.50. The van der Waals surface area contributed by atoms with Gasteiger partial charge in [0.05, 0.1) is 27.8 Å². The van der Waals surface area contributed by atoms with Crippen LogP contribution in [0, 0.1) is 0 Å². The van der Waals surface area contributed by atoms with E-state index in [1.165, 1.54) is 21.3 Å². The van der Waals surface area contributed by atoms with Crippen LogP contribution in [0.4, 0.5) is 5.69 Å². The monoisotopic (exact) mass is 451 g/mol. The minimum atomic E-state index is -0.168. The van der Waals surface area contributed by atoms with E-state index in [1.807, 2.05) is 36.4 Å². The smallest absolute Gasteiger partial charge is 0.231 e. The van der Waals surface area contributed by atoms with Crippen LogP contribution in [0.5, 0.6) is 34.5 Å². The molecule has 172 valence electrons. The quantitative estimate of drug-likeness (QED) is 0.522. The summed E-state index contributed by atoms with van der Waals surface area (Å²) in [6.45, 7) is 0.562. The summed E-state index contributed by atoms with van der Waals surface area (Å²) < 4.78 is 32.6. The largest absolute Gasteiger partial charge is 0.493 e. The molecule has 0 aliphatic carbocycles. The van der Waals surface area contributed by atoms with Gasteiger partial charge < -0.3 is 33.7 Å². The first-order valence-electron chi connectivity index (χ1n) is 10.3. The van der Waals surface area contributed by atoms with Crippen molar-refractivity contribution in [1.29, 1.82) is 0 Å². The average Bonchev–Trinajstić information content (AvgIpc) is 3.30. The molecule has 1 N–H and O–H groups in total. The molecule has 0 bridgehead atoms.